The van der Waals surface area contributed by atoms with Crippen molar-refractivity contribution in [3.63, 3.8) is 0 Å². The third kappa shape index (κ3) is 5.96. The Labute approximate surface area is 241 Å². The van der Waals surface area contributed by atoms with E-state index in [0.29, 0.717) is 19.5 Å². The number of carbonyl (C=O) groups is 3. The Kier molecular flexibility index (Phi) is 8.67. The van der Waals surface area contributed by atoms with Crippen LogP contribution in [0.4, 0.5) is 4.79 Å². The van der Waals surface area contributed by atoms with Crippen molar-refractivity contribution in [2.24, 2.45) is 0 Å². The molecular weight excluding hydrogens is 514 g/mol. The van der Waals surface area contributed by atoms with E-state index in [9.17, 15) is 14.4 Å². The molecule has 41 heavy (non-hydrogen) atoms. The maximum atomic E-state index is 14.0. The molecule has 2 atom stereocenters. The van der Waals surface area contributed by atoms with Crippen LogP contribution in [0, 0.1) is 0 Å². The zero-order valence-corrected chi connectivity index (χ0v) is 23.4. The van der Waals surface area contributed by atoms with E-state index in [0.717, 1.165) is 23.1 Å². The lowest BCUT2D eigenvalue weighted by Gasteiger charge is -2.55. The summed E-state index contributed by atoms with van der Waals surface area (Å²) in [6, 6.07) is 29.0. The molecule has 2 heterocycles. The summed E-state index contributed by atoms with van der Waals surface area (Å²) >= 11 is 0. The summed E-state index contributed by atoms with van der Waals surface area (Å²) in [6.07, 6.45) is 2.09. The summed E-state index contributed by atoms with van der Waals surface area (Å²) in [6.45, 7) is 6.80. The number of benzene rings is 3. The van der Waals surface area contributed by atoms with Crippen LogP contribution in [0.3, 0.4) is 0 Å². The average molecular weight is 552 g/mol. The van der Waals surface area contributed by atoms with E-state index in [1.807, 2.05) is 78.6 Å². The van der Waals surface area contributed by atoms with Crippen molar-refractivity contribution in [3.8, 4) is 0 Å². The highest BCUT2D eigenvalue weighted by atomic mass is 16.2. The van der Waals surface area contributed by atoms with Gasteiger partial charge in [0.25, 0.3) is 0 Å². The first-order valence-electron chi connectivity index (χ1n) is 14.2. The number of urea groups is 1. The van der Waals surface area contributed by atoms with Crippen molar-refractivity contribution < 1.29 is 14.4 Å². The fraction of sp³-hybridized carbons (Fsp3) is 0.303. The molecule has 2 saturated heterocycles. The number of rotatable bonds is 9. The molecule has 2 aliphatic heterocycles. The fourth-order valence-corrected chi connectivity index (χ4v) is 5.87. The van der Waals surface area contributed by atoms with E-state index < -0.39 is 12.2 Å². The Hall–Kier alpha value is -4.59. The van der Waals surface area contributed by atoms with Crippen LogP contribution < -0.4 is 5.32 Å². The number of piperazine rings is 1. The maximum Gasteiger partial charge on any atom is 0.338 e. The van der Waals surface area contributed by atoms with E-state index >= 15 is 0 Å². The number of amides is 4. The molecule has 212 valence electrons. The van der Waals surface area contributed by atoms with Crippen molar-refractivity contribution in [2.75, 3.05) is 19.6 Å². The molecule has 0 unspecified atom stereocenters. The molecule has 0 aliphatic carbocycles. The Bertz CT molecular complexity index is 1310. The van der Waals surface area contributed by atoms with Crippen molar-refractivity contribution in [3.05, 3.63) is 120 Å². The van der Waals surface area contributed by atoms with E-state index in [1.165, 1.54) is 6.20 Å². The van der Waals surface area contributed by atoms with Gasteiger partial charge in [0, 0.05) is 25.2 Å². The van der Waals surface area contributed by atoms with Crippen LogP contribution in [0.1, 0.15) is 42.4 Å². The average Bonchev–Trinajstić information content (AvgIpc) is 3.01. The Morgan fingerprint density at radius 2 is 1.54 bits per heavy atom. The van der Waals surface area contributed by atoms with Crippen molar-refractivity contribution in [1.82, 2.24) is 25.1 Å². The summed E-state index contributed by atoms with van der Waals surface area (Å²) < 4.78 is 0. The molecule has 0 aromatic heterocycles. The minimum Gasteiger partial charge on any atom is -0.336 e. The van der Waals surface area contributed by atoms with Gasteiger partial charge in [-0.15, -0.1) is 0 Å². The third-order valence-electron chi connectivity index (χ3n) is 7.86. The van der Waals surface area contributed by atoms with Crippen LogP contribution in [0.15, 0.2) is 104 Å². The number of nitrogens with zero attached hydrogens (tertiary/aromatic N) is 4. The molecule has 5 rings (SSSR count). The van der Waals surface area contributed by atoms with Gasteiger partial charge < -0.3 is 15.1 Å². The van der Waals surface area contributed by atoms with Gasteiger partial charge in [-0.2, -0.15) is 0 Å². The topological polar surface area (TPSA) is 76.2 Å². The number of fused-ring (bicyclic) bond motifs is 1. The minimum atomic E-state index is -0.661. The third-order valence-corrected chi connectivity index (χ3v) is 7.86. The second-order valence-electron chi connectivity index (χ2n) is 10.5. The maximum absolute atomic E-state index is 14.0. The first-order valence-corrected chi connectivity index (χ1v) is 14.2. The molecule has 0 bridgehead atoms. The molecule has 4 amide bonds. The smallest absolute Gasteiger partial charge is 0.336 e. The molecule has 2 aliphatic rings. The molecule has 0 saturated carbocycles. The fourth-order valence-electron chi connectivity index (χ4n) is 5.87. The molecule has 3 aromatic rings. The molecule has 0 spiro atoms. The van der Waals surface area contributed by atoms with Crippen LogP contribution in [-0.4, -0.2) is 69.5 Å². The van der Waals surface area contributed by atoms with E-state index in [-0.39, 0.29) is 36.9 Å². The zero-order chi connectivity index (χ0) is 28.8. The van der Waals surface area contributed by atoms with Crippen LogP contribution in [0.25, 0.3) is 0 Å². The van der Waals surface area contributed by atoms with Gasteiger partial charge in [-0.25, -0.2) is 9.80 Å². The van der Waals surface area contributed by atoms with Crippen molar-refractivity contribution >= 4 is 17.8 Å². The van der Waals surface area contributed by atoms with Crippen LogP contribution in [-0.2, 0) is 16.1 Å². The standard InChI is InChI=1S/C33H37N5O3/c1-3-14-29-32(40)35(22-28(26-17-10-6-11-18-26)27-19-12-7-13-20-27)23-30-37(29)31(39)24-36(4-2)38(30)33(41)34-21-25-15-8-5-9-16-25/h4-13,15-20,28-30H,2-3,14,21-24H2,1H3,(H,34,41)/t29-,30-/m0/s1. The lowest BCUT2D eigenvalue weighted by molar-refractivity contribution is -0.184. The number of hydrogen-bond acceptors (Lipinski definition) is 4. The number of hydrazine groups is 1. The molecule has 8 heteroatoms. The van der Waals surface area contributed by atoms with Gasteiger partial charge in [0.2, 0.25) is 11.8 Å². The molecule has 2 fully saturated rings. The minimum absolute atomic E-state index is 0.0527. The zero-order valence-electron chi connectivity index (χ0n) is 23.4. The lowest BCUT2D eigenvalue weighted by Crippen LogP contribution is -2.75. The Morgan fingerprint density at radius 1 is 0.951 bits per heavy atom. The first-order chi connectivity index (χ1) is 20.0. The van der Waals surface area contributed by atoms with Gasteiger partial charge in [-0.1, -0.05) is 111 Å². The van der Waals surface area contributed by atoms with E-state index in [4.69, 9.17) is 0 Å². The van der Waals surface area contributed by atoms with Gasteiger partial charge in [0.05, 0.1) is 6.54 Å². The number of carbonyl (C=O) groups excluding carboxylic acids is 3. The highest BCUT2D eigenvalue weighted by molar-refractivity contribution is 5.91. The largest absolute Gasteiger partial charge is 0.338 e. The first kappa shape index (κ1) is 28.0. The van der Waals surface area contributed by atoms with Crippen LogP contribution in [0.2, 0.25) is 0 Å². The quantitative estimate of drug-likeness (QED) is 0.423. The summed E-state index contributed by atoms with van der Waals surface area (Å²) in [5, 5.41) is 6.12. The summed E-state index contributed by atoms with van der Waals surface area (Å²) in [4.78, 5) is 44.7. The van der Waals surface area contributed by atoms with Crippen LogP contribution >= 0.6 is 0 Å². The monoisotopic (exact) mass is 551 g/mol. The summed E-state index contributed by atoms with van der Waals surface area (Å²) in [7, 11) is 0. The van der Waals surface area contributed by atoms with Crippen molar-refractivity contribution in [1.29, 1.82) is 0 Å². The molecule has 0 radical (unpaired) electrons. The second kappa shape index (κ2) is 12.7. The predicted molar refractivity (Wildman–Crippen MR) is 158 cm³/mol. The second-order valence-corrected chi connectivity index (χ2v) is 10.5. The molecule has 3 aromatic carbocycles. The van der Waals surface area contributed by atoms with Gasteiger partial charge in [-0.05, 0) is 23.1 Å². The SMILES string of the molecule is C=CN1CC(=O)N2[C@@H](CCC)C(=O)N(CC(c3ccccc3)c3ccccc3)C[C@@H]2N1C(=O)NCc1ccccc1. The van der Waals surface area contributed by atoms with Crippen molar-refractivity contribution in [2.45, 2.75) is 44.4 Å². The predicted octanol–water partition coefficient (Wildman–Crippen LogP) is 4.57. The van der Waals surface area contributed by atoms with E-state index in [2.05, 4.69) is 36.2 Å². The summed E-state index contributed by atoms with van der Waals surface area (Å²) in [5.41, 5.74) is 3.17. The van der Waals surface area contributed by atoms with Crippen LogP contribution in [0.5, 0.6) is 0 Å². The molecule has 8 nitrogen and oxygen atoms in total. The van der Waals surface area contributed by atoms with Gasteiger partial charge in [0.1, 0.15) is 18.8 Å². The Balaban J connectivity index is 1.47. The molecular formula is C33H37N5O3. The van der Waals surface area contributed by atoms with Gasteiger partial charge >= 0.3 is 6.03 Å². The number of hydrogen-bond donors (Lipinski definition) is 1. The summed E-state index contributed by atoms with van der Waals surface area (Å²) in [5.74, 6) is -0.327. The Morgan fingerprint density at radius 3 is 2.10 bits per heavy atom. The van der Waals surface area contributed by atoms with E-state index in [1.54, 1.807) is 14.9 Å². The van der Waals surface area contributed by atoms with Gasteiger partial charge in [0.15, 0.2) is 0 Å². The lowest BCUT2D eigenvalue weighted by atomic mass is 9.90. The highest BCUT2D eigenvalue weighted by Crippen LogP contribution is 2.32. The van der Waals surface area contributed by atoms with Gasteiger partial charge in [-0.3, -0.25) is 14.6 Å². The number of nitrogens with one attached hydrogen (secondary N) is 1. The normalized spacial score (nSPS) is 18.9. The highest BCUT2D eigenvalue weighted by Gasteiger charge is 2.50. The molecule has 1 N–H and O–H groups in total.